The van der Waals surface area contributed by atoms with Gasteiger partial charge in [0.2, 0.25) is 10.0 Å². The number of hydrogen-bond acceptors (Lipinski definition) is 6. The van der Waals surface area contributed by atoms with Crippen LogP contribution in [0.5, 0.6) is 0 Å². The lowest BCUT2D eigenvalue weighted by molar-refractivity contribution is -0.243. The van der Waals surface area contributed by atoms with Crippen LogP contribution in [-0.4, -0.2) is 44.1 Å². The number of sulfonamides is 1. The summed E-state index contributed by atoms with van der Waals surface area (Å²) >= 11 is 5.94. The number of aromatic nitrogens is 1. The lowest BCUT2D eigenvalue weighted by Crippen LogP contribution is -2.30. The Bertz CT molecular complexity index is 1460. The zero-order chi connectivity index (χ0) is 25.3. The first-order valence-corrected chi connectivity index (χ1v) is 12.4. The first-order valence-electron chi connectivity index (χ1n) is 10.4. The number of anilines is 1. The predicted octanol–water partition coefficient (Wildman–Crippen LogP) is 3.77. The van der Waals surface area contributed by atoms with Crippen LogP contribution in [0.3, 0.4) is 0 Å². The van der Waals surface area contributed by atoms with Crippen LogP contribution in [-0.2, 0) is 10.0 Å². The van der Waals surface area contributed by atoms with Crippen LogP contribution < -0.4 is 9.41 Å². The standard InChI is InChI=1S/C24H20ClF2N3O4S/c1-30(35(33,34)10-2-9-31)20-8-7-19(26)21(22(20)27)23(32)18-13-29-24-17(18)11-15(12-28-24)14-3-5-16(25)6-4-14/h3-8,11-13,31-32H,2,9-10H2,1H3/p-1. The molecule has 1 aliphatic rings. The number of hydrogen-bond donors (Lipinski definition) is 1. The van der Waals surface area contributed by atoms with Crippen molar-refractivity contribution in [2.75, 3.05) is 23.7 Å². The van der Waals surface area contributed by atoms with Crippen molar-refractivity contribution in [2.24, 2.45) is 4.99 Å². The average molecular weight is 519 g/mol. The third-order valence-corrected chi connectivity index (χ3v) is 7.60. The molecule has 4 rings (SSSR count). The highest BCUT2D eigenvalue weighted by Crippen LogP contribution is 2.38. The highest BCUT2D eigenvalue weighted by molar-refractivity contribution is 7.92. The number of aliphatic hydroxyl groups is 1. The summed E-state index contributed by atoms with van der Waals surface area (Å²) in [6.07, 6.45) is 2.68. The van der Waals surface area contributed by atoms with Gasteiger partial charge in [-0.15, -0.1) is 0 Å². The Hall–Kier alpha value is -3.34. The maximum Gasteiger partial charge on any atom is 0.235 e. The molecule has 2 aromatic carbocycles. The molecule has 0 radical (unpaired) electrons. The molecule has 0 aliphatic carbocycles. The van der Waals surface area contributed by atoms with Crippen LogP contribution >= 0.6 is 11.6 Å². The van der Waals surface area contributed by atoms with Gasteiger partial charge in [-0.1, -0.05) is 29.5 Å². The van der Waals surface area contributed by atoms with E-state index in [0.29, 0.717) is 14.9 Å². The van der Waals surface area contributed by atoms with E-state index in [9.17, 15) is 17.9 Å². The van der Waals surface area contributed by atoms with Crippen LogP contribution in [0.25, 0.3) is 22.5 Å². The van der Waals surface area contributed by atoms with E-state index in [2.05, 4.69) is 9.98 Å². The third kappa shape index (κ3) is 4.77. The van der Waals surface area contributed by atoms with E-state index in [1.807, 2.05) is 0 Å². The van der Waals surface area contributed by atoms with Crippen LogP contribution in [0.15, 0.2) is 53.7 Å². The van der Waals surface area contributed by atoms with Gasteiger partial charge in [0.25, 0.3) is 0 Å². The zero-order valence-electron chi connectivity index (χ0n) is 18.4. The molecule has 0 fully saturated rings. The van der Waals surface area contributed by atoms with Crippen molar-refractivity contribution in [3.05, 3.63) is 76.4 Å². The molecule has 0 bridgehead atoms. The normalized spacial score (nSPS) is 14.2. The van der Waals surface area contributed by atoms with Crippen molar-refractivity contribution in [2.45, 2.75) is 6.42 Å². The number of aliphatic imine (C=N–C) groups is 1. The SMILES string of the molecule is CN(c1ccc(F)c(C([O-])=C2C=Nc3ncc(-c4ccc(Cl)cc4)cc32)c1F)S(=O)(=O)CCCO. The highest BCUT2D eigenvalue weighted by Gasteiger charge is 2.25. The van der Waals surface area contributed by atoms with Gasteiger partial charge in [0.05, 0.1) is 11.4 Å². The molecule has 35 heavy (non-hydrogen) atoms. The fraction of sp³-hybridized carbons (Fsp3) is 0.167. The van der Waals surface area contributed by atoms with Gasteiger partial charge in [-0.25, -0.2) is 27.2 Å². The molecule has 1 aromatic heterocycles. The second kappa shape index (κ2) is 9.73. The average Bonchev–Trinajstić information content (AvgIpc) is 3.26. The molecule has 1 N–H and O–H groups in total. The van der Waals surface area contributed by atoms with Gasteiger partial charge in [-0.3, -0.25) is 4.31 Å². The zero-order valence-corrected chi connectivity index (χ0v) is 19.9. The van der Waals surface area contributed by atoms with Crippen LogP contribution in [0.1, 0.15) is 17.5 Å². The van der Waals surface area contributed by atoms with Crippen molar-refractivity contribution in [3.63, 3.8) is 0 Å². The molecule has 0 saturated carbocycles. The van der Waals surface area contributed by atoms with E-state index >= 15 is 4.39 Å². The number of aliphatic hydroxyl groups excluding tert-OH is 1. The van der Waals surface area contributed by atoms with Gasteiger partial charge >= 0.3 is 0 Å². The van der Waals surface area contributed by atoms with E-state index in [4.69, 9.17) is 16.7 Å². The lowest BCUT2D eigenvalue weighted by Gasteiger charge is -2.24. The number of benzene rings is 2. The molecule has 182 valence electrons. The van der Waals surface area contributed by atoms with Gasteiger partial charge < -0.3 is 10.2 Å². The summed E-state index contributed by atoms with van der Waals surface area (Å²) in [6, 6.07) is 10.3. The summed E-state index contributed by atoms with van der Waals surface area (Å²) in [7, 11) is -2.92. The van der Waals surface area contributed by atoms with E-state index in [1.165, 1.54) is 6.21 Å². The van der Waals surface area contributed by atoms with E-state index in [-0.39, 0.29) is 30.0 Å². The Balaban J connectivity index is 1.80. The minimum absolute atomic E-state index is 0.0601. The fourth-order valence-electron chi connectivity index (χ4n) is 3.60. The second-order valence-electron chi connectivity index (χ2n) is 7.72. The summed E-state index contributed by atoms with van der Waals surface area (Å²) in [6.45, 7) is -0.369. The summed E-state index contributed by atoms with van der Waals surface area (Å²) in [4.78, 5) is 8.31. The molecule has 11 heteroatoms. The Morgan fingerprint density at radius 1 is 1.14 bits per heavy atom. The van der Waals surface area contributed by atoms with Crippen molar-refractivity contribution < 1.29 is 27.4 Å². The number of halogens is 3. The number of rotatable bonds is 7. The first-order chi connectivity index (χ1) is 16.6. The molecular weight excluding hydrogens is 500 g/mol. The van der Waals surface area contributed by atoms with Crippen molar-refractivity contribution in [1.29, 1.82) is 0 Å². The van der Waals surface area contributed by atoms with E-state index < -0.39 is 44.4 Å². The summed E-state index contributed by atoms with van der Waals surface area (Å²) in [5.74, 6) is -3.70. The monoisotopic (exact) mass is 518 g/mol. The van der Waals surface area contributed by atoms with Gasteiger partial charge in [0.15, 0.2) is 11.6 Å². The van der Waals surface area contributed by atoms with Crippen LogP contribution in [0, 0.1) is 11.6 Å². The smallest absolute Gasteiger partial charge is 0.235 e. The largest absolute Gasteiger partial charge is 0.871 e. The Morgan fingerprint density at radius 3 is 2.54 bits per heavy atom. The van der Waals surface area contributed by atoms with Gasteiger partial charge in [0.1, 0.15) is 5.82 Å². The molecule has 0 unspecified atom stereocenters. The van der Waals surface area contributed by atoms with Crippen molar-refractivity contribution in [3.8, 4) is 11.1 Å². The summed E-state index contributed by atoms with van der Waals surface area (Å²) in [5.41, 5.74) is 0.215. The number of allylic oxidation sites excluding steroid dienone is 1. The minimum Gasteiger partial charge on any atom is -0.871 e. The summed E-state index contributed by atoms with van der Waals surface area (Å²) < 4.78 is 55.6. The summed E-state index contributed by atoms with van der Waals surface area (Å²) in [5, 5.41) is 22.7. The maximum absolute atomic E-state index is 15.4. The molecule has 0 spiro atoms. The van der Waals surface area contributed by atoms with Gasteiger partial charge in [-0.2, -0.15) is 0 Å². The number of nitrogens with zero attached hydrogens (tertiary/aromatic N) is 3. The molecule has 2 heterocycles. The Morgan fingerprint density at radius 2 is 1.86 bits per heavy atom. The number of pyridine rings is 1. The second-order valence-corrected chi connectivity index (χ2v) is 10.3. The van der Waals surface area contributed by atoms with Crippen LogP contribution in [0.4, 0.5) is 20.3 Å². The first kappa shape index (κ1) is 24.8. The van der Waals surface area contributed by atoms with E-state index in [1.54, 1.807) is 36.5 Å². The van der Waals surface area contributed by atoms with Crippen molar-refractivity contribution in [1.82, 2.24) is 4.98 Å². The molecular formula is C24H19ClF2N3O4S-. The predicted molar refractivity (Wildman–Crippen MR) is 130 cm³/mol. The number of fused-ring (bicyclic) bond motifs is 1. The van der Waals surface area contributed by atoms with Gasteiger partial charge in [-0.05, 0) is 47.9 Å². The third-order valence-electron chi connectivity index (χ3n) is 5.51. The molecule has 1 aliphatic heterocycles. The Labute approximate surface area is 205 Å². The molecule has 7 nitrogen and oxygen atoms in total. The molecule has 0 atom stereocenters. The van der Waals surface area contributed by atoms with Crippen LogP contribution in [0.2, 0.25) is 5.02 Å². The highest BCUT2D eigenvalue weighted by atomic mass is 35.5. The fourth-order valence-corrected chi connectivity index (χ4v) is 4.93. The Kier molecular flexibility index (Phi) is 6.88. The quantitative estimate of drug-likeness (QED) is 0.479. The van der Waals surface area contributed by atoms with Crippen molar-refractivity contribution >= 4 is 50.7 Å². The molecule has 0 saturated heterocycles. The molecule has 0 amide bonds. The maximum atomic E-state index is 15.4. The molecule has 3 aromatic rings. The lowest BCUT2D eigenvalue weighted by atomic mass is 9.99. The minimum atomic E-state index is -4.01. The van der Waals surface area contributed by atoms with E-state index in [0.717, 1.165) is 24.7 Å². The topological polar surface area (TPSA) is 106 Å². The van der Waals surface area contributed by atoms with Gasteiger partial charge in [0, 0.05) is 47.8 Å².